The summed E-state index contributed by atoms with van der Waals surface area (Å²) in [5.74, 6) is -0.418. The lowest BCUT2D eigenvalue weighted by Crippen LogP contribution is -2.33. The van der Waals surface area contributed by atoms with Crippen LogP contribution in [0.4, 0.5) is 0 Å². The van der Waals surface area contributed by atoms with Gasteiger partial charge in [0.05, 0.1) is 12.3 Å². The van der Waals surface area contributed by atoms with Gasteiger partial charge >= 0.3 is 5.97 Å². The average molecular weight is 335 g/mol. The summed E-state index contributed by atoms with van der Waals surface area (Å²) in [4.78, 5) is 23.6. The van der Waals surface area contributed by atoms with Gasteiger partial charge in [-0.2, -0.15) is 0 Å². The van der Waals surface area contributed by atoms with E-state index in [-0.39, 0.29) is 35.3 Å². The number of nitrogens with zero attached hydrogens (tertiary/aromatic N) is 1. The average Bonchev–Trinajstić information content (AvgIpc) is 2.52. The molecule has 0 aliphatic heterocycles. The zero-order valence-corrected chi connectivity index (χ0v) is 15.3. The molecule has 24 heavy (non-hydrogen) atoms. The third-order valence-corrected chi connectivity index (χ3v) is 4.35. The number of nitro groups is 1. The molecule has 5 heteroatoms. The topological polar surface area (TPSA) is 69.4 Å². The Hall–Kier alpha value is -1.91. The summed E-state index contributed by atoms with van der Waals surface area (Å²) in [5, 5.41) is 11.4. The van der Waals surface area contributed by atoms with Gasteiger partial charge in [-0.1, -0.05) is 65.0 Å². The third-order valence-electron chi connectivity index (χ3n) is 4.35. The summed E-state index contributed by atoms with van der Waals surface area (Å²) in [6.07, 6.45) is 0.224. The molecule has 1 aromatic carbocycles. The number of benzene rings is 1. The van der Waals surface area contributed by atoms with E-state index in [1.165, 1.54) is 0 Å². The minimum atomic E-state index is -0.795. The first kappa shape index (κ1) is 20.1. The van der Waals surface area contributed by atoms with Crippen molar-refractivity contribution in [1.29, 1.82) is 0 Å². The number of hydrogen-bond donors (Lipinski definition) is 0. The summed E-state index contributed by atoms with van der Waals surface area (Å²) in [6.45, 7) is 9.83. The molecule has 0 amide bonds. The summed E-state index contributed by atoms with van der Waals surface area (Å²) in [5.41, 5.74) is 0.809. The van der Waals surface area contributed by atoms with Crippen molar-refractivity contribution in [2.24, 2.45) is 11.8 Å². The Bertz CT molecular complexity index is 519. The van der Waals surface area contributed by atoms with Crippen LogP contribution in [0.3, 0.4) is 0 Å². The van der Waals surface area contributed by atoms with Crippen molar-refractivity contribution < 1.29 is 14.5 Å². The Balaban J connectivity index is 2.96. The molecule has 2 unspecified atom stereocenters. The first-order valence-corrected chi connectivity index (χ1v) is 8.65. The van der Waals surface area contributed by atoms with Gasteiger partial charge in [0.15, 0.2) is 0 Å². The Morgan fingerprint density at radius 2 is 1.67 bits per heavy atom. The minimum absolute atomic E-state index is 0.0272. The van der Waals surface area contributed by atoms with Gasteiger partial charge in [-0.15, -0.1) is 0 Å². The van der Waals surface area contributed by atoms with Crippen molar-refractivity contribution in [2.75, 3.05) is 0 Å². The standard InChI is InChI=1S/C19H29NO4/c1-6-17(20(22)23)16(15-10-8-7-9-11-15)12-18(21)24-19(13(2)3)14(4)5/h7-11,13-14,16-17,19H,6,12H2,1-5H3. The van der Waals surface area contributed by atoms with Crippen LogP contribution in [0, 0.1) is 22.0 Å². The fourth-order valence-electron chi connectivity index (χ4n) is 3.18. The Morgan fingerprint density at radius 1 is 1.12 bits per heavy atom. The van der Waals surface area contributed by atoms with Crippen LogP contribution < -0.4 is 0 Å². The largest absolute Gasteiger partial charge is 0.462 e. The molecule has 0 aromatic heterocycles. The van der Waals surface area contributed by atoms with Crippen LogP contribution in [0.1, 0.15) is 58.9 Å². The van der Waals surface area contributed by atoms with Gasteiger partial charge in [-0.25, -0.2) is 0 Å². The van der Waals surface area contributed by atoms with Crippen molar-refractivity contribution >= 4 is 5.97 Å². The molecule has 0 aliphatic carbocycles. The van der Waals surface area contributed by atoms with Crippen LogP contribution in [-0.4, -0.2) is 23.0 Å². The molecule has 0 saturated carbocycles. The molecule has 0 N–H and O–H groups in total. The van der Waals surface area contributed by atoms with Gasteiger partial charge in [0, 0.05) is 11.3 Å². The summed E-state index contributed by atoms with van der Waals surface area (Å²) < 4.78 is 5.64. The molecule has 0 radical (unpaired) electrons. The zero-order chi connectivity index (χ0) is 18.3. The van der Waals surface area contributed by atoms with E-state index >= 15 is 0 Å². The van der Waals surface area contributed by atoms with Crippen LogP contribution in [0.25, 0.3) is 0 Å². The van der Waals surface area contributed by atoms with E-state index in [2.05, 4.69) is 0 Å². The predicted molar refractivity (Wildman–Crippen MR) is 94.4 cm³/mol. The fourth-order valence-corrected chi connectivity index (χ4v) is 3.18. The molecule has 2 atom stereocenters. The molecule has 0 heterocycles. The normalized spacial score (nSPS) is 14.0. The number of esters is 1. The van der Waals surface area contributed by atoms with Gasteiger partial charge in [0.1, 0.15) is 6.10 Å². The van der Waals surface area contributed by atoms with E-state index in [0.29, 0.717) is 6.42 Å². The Kier molecular flexibility index (Phi) is 7.89. The lowest BCUT2D eigenvalue weighted by molar-refractivity contribution is -0.527. The predicted octanol–water partition coefficient (Wildman–Crippen LogP) is 4.44. The molecule has 134 valence electrons. The molecule has 5 nitrogen and oxygen atoms in total. The highest BCUT2D eigenvalue weighted by molar-refractivity contribution is 5.71. The van der Waals surface area contributed by atoms with Crippen molar-refractivity contribution in [2.45, 2.75) is 65.5 Å². The second-order valence-corrected chi connectivity index (χ2v) is 6.92. The lowest BCUT2D eigenvalue weighted by Gasteiger charge is -2.26. The van der Waals surface area contributed by atoms with Crippen LogP contribution in [0.2, 0.25) is 0 Å². The highest BCUT2D eigenvalue weighted by Crippen LogP contribution is 2.29. The SMILES string of the molecule is CCC(C(CC(=O)OC(C(C)C)C(C)C)c1ccccc1)[N+](=O)[O-]. The maximum atomic E-state index is 12.4. The zero-order valence-electron chi connectivity index (χ0n) is 15.3. The fraction of sp³-hybridized carbons (Fsp3) is 0.632. The van der Waals surface area contributed by atoms with Crippen LogP contribution >= 0.6 is 0 Å². The molecular formula is C19H29NO4. The van der Waals surface area contributed by atoms with E-state index in [4.69, 9.17) is 4.74 Å². The number of carbonyl (C=O) groups excluding carboxylic acids is 1. The molecule has 0 aliphatic rings. The van der Waals surface area contributed by atoms with Crippen LogP contribution in [0.15, 0.2) is 30.3 Å². The second kappa shape index (κ2) is 9.40. The molecule has 0 saturated heterocycles. The van der Waals surface area contributed by atoms with Crippen molar-refractivity contribution in [3.63, 3.8) is 0 Å². The third kappa shape index (κ3) is 5.62. The van der Waals surface area contributed by atoms with E-state index in [1.807, 2.05) is 58.0 Å². The van der Waals surface area contributed by atoms with E-state index in [0.717, 1.165) is 5.56 Å². The van der Waals surface area contributed by atoms with Gasteiger partial charge < -0.3 is 4.74 Å². The minimum Gasteiger partial charge on any atom is -0.462 e. The quantitative estimate of drug-likeness (QED) is 0.380. The molecule has 1 aromatic rings. The number of rotatable bonds is 9. The number of hydrogen-bond acceptors (Lipinski definition) is 4. The molecule has 0 spiro atoms. The number of ether oxygens (including phenoxy) is 1. The molecule has 0 bridgehead atoms. The lowest BCUT2D eigenvalue weighted by atomic mass is 9.87. The molecule has 1 rings (SSSR count). The summed E-state index contributed by atoms with van der Waals surface area (Å²) in [7, 11) is 0. The maximum absolute atomic E-state index is 12.4. The van der Waals surface area contributed by atoms with Crippen LogP contribution in [-0.2, 0) is 9.53 Å². The smallest absolute Gasteiger partial charge is 0.306 e. The van der Waals surface area contributed by atoms with Crippen LogP contribution in [0.5, 0.6) is 0 Å². The van der Waals surface area contributed by atoms with Crippen molar-refractivity contribution in [1.82, 2.24) is 0 Å². The molecule has 0 fully saturated rings. The second-order valence-electron chi connectivity index (χ2n) is 6.92. The van der Waals surface area contributed by atoms with Crippen molar-refractivity contribution in [3.8, 4) is 0 Å². The van der Waals surface area contributed by atoms with Gasteiger partial charge in [-0.05, 0) is 17.4 Å². The highest BCUT2D eigenvalue weighted by Gasteiger charge is 2.34. The first-order chi connectivity index (χ1) is 11.3. The molecular weight excluding hydrogens is 306 g/mol. The van der Waals surface area contributed by atoms with Gasteiger partial charge in [0.2, 0.25) is 6.04 Å². The van der Waals surface area contributed by atoms with E-state index in [9.17, 15) is 14.9 Å². The van der Waals surface area contributed by atoms with Crippen molar-refractivity contribution in [3.05, 3.63) is 46.0 Å². The Labute approximate surface area is 144 Å². The van der Waals surface area contributed by atoms with Gasteiger partial charge in [0.25, 0.3) is 0 Å². The monoisotopic (exact) mass is 335 g/mol. The summed E-state index contributed by atoms with van der Waals surface area (Å²) >= 11 is 0. The highest BCUT2D eigenvalue weighted by atomic mass is 16.6. The van der Waals surface area contributed by atoms with E-state index in [1.54, 1.807) is 6.92 Å². The number of carbonyl (C=O) groups is 1. The summed E-state index contributed by atoms with van der Waals surface area (Å²) in [6, 6.07) is 8.42. The Morgan fingerprint density at radius 3 is 2.08 bits per heavy atom. The van der Waals surface area contributed by atoms with Gasteiger partial charge in [-0.3, -0.25) is 14.9 Å². The first-order valence-electron chi connectivity index (χ1n) is 8.65. The maximum Gasteiger partial charge on any atom is 0.306 e. The van der Waals surface area contributed by atoms with E-state index < -0.39 is 12.0 Å².